The molecule has 4 aromatic rings. The first kappa shape index (κ1) is 20.2. The van der Waals surface area contributed by atoms with Gasteiger partial charge < -0.3 is 9.47 Å². The van der Waals surface area contributed by atoms with E-state index in [0.717, 1.165) is 21.3 Å². The molecule has 0 N–H and O–H groups in total. The molecule has 0 amide bonds. The Bertz CT molecular complexity index is 1290. The Morgan fingerprint density at radius 1 is 1.00 bits per heavy atom. The molecular formula is C23H16BrF2NO3. The van der Waals surface area contributed by atoms with Crippen LogP contribution < -0.4 is 9.47 Å². The molecule has 0 saturated heterocycles. The fourth-order valence-electron chi connectivity index (χ4n) is 3.19. The van der Waals surface area contributed by atoms with Crippen molar-refractivity contribution in [1.82, 2.24) is 4.98 Å². The Labute approximate surface area is 179 Å². The Kier molecular flexibility index (Phi) is 5.39. The minimum atomic E-state index is -2.78. The van der Waals surface area contributed by atoms with Gasteiger partial charge in [-0.2, -0.15) is 0 Å². The van der Waals surface area contributed by atoms with E-state index in [1.807, 2.05) is 36.4 Å². The fourth-order valence-corrected chi connectivity index (χ4v) is 3.57. The van der Waals surface area contributed by atoms with Crippen molar-refractivity contribution in [3.05, 3.63) is 70.3 Å². The number of pyridine rings is 1. The smallest absolute Gasteiger partial charge is 0.308 e. The summed E-state index contributed by atoms with van der Waals surface area (Å²) in [6, 6.07) is 16.0. The maximum atomic E-state index is 13.2. The van der Waals surface area contributed by atoms with E-state index in [4.69, 9.17) is 9.47 Å². The number of halogens is 3. The van der Waals surface area contributed by atoms with Crippen molar-refractivity contribution in [2.75, 3.05) is 0 Å². The third-order valence-corrected chi connectivity index (χ3v) is 5.06. The van der Waals surface area contributed by atoms with Crippen LogP contribution in [0.15, 0.2) is 59.1 Å². The maximum absolute atomic E-state index is 13.2. The van der Waals surface area contributed by atoms with E-state index in [9.17, 15) is 13.6 Å². The molecule has 0 aliphatic heterocycles. The highest BCUT2D eigenvalue weighted by atomic mass is 79.9. The van der Waals surface area contributed by atoms with Gasteiger partial charge in [0.1, 0.15) is 22.9 Å². The Balaban J connectivity index is 1.79. The molecule has 30 heavy (non-hydrogen) atoms. The summed E-state index contributed by atoms with van der Waals surface area (Å²) in [5, 5.41) is 2.49. The number of carbonyl (C=O) groups is 1. The molecule has 4 rings (SSSR count). The van der Waals surface area contributed by atoms with Crippen LogP contribution in [0.3, 0.4) is 0 Å². The topological polar surface area (TPSA) is 48.4 Å². The number of aromatic nitrogens is 1. The number of fused-ring (bicyclic) bond motifs is 2. The van der Waals surface area contributed by atoms with Gasteiger partial charge in [0.05, 0.1) is 5.52 Å². The van der Waals surface area contributed by atoms with Crippen molar-refractivity contribution in [1.29, 1.82) is 0 Å². The number of carbonyl (C=O) groups excluding carboxylic acids is 1. The summed E-state index contributed by atoms with van der Waals surface area (Å²) in [7, 11) is 0. The highest BCUT2D eigenvalue weighted by Gasteiger charge is 2.17. The van der Waals surface area contributed by atoms with E-state index in [0.29, 0.717) is 28.0 Å². The van der Waals surface area contributed by atoms with Crippen molar-refractivity contribution < 1.29 is 23.0 Å². The molecule has 0 unspecified atom stereocenters. The van der Waals surface area contributed by atoms with Gasteiger partial charge in [-0.25, -0.2) is 13.8 Å². The number of esters is 1. The quantitative estimate of drug-likeness (QED) is 0.297. The Hall–Kier alpha value is -3.06. The molecule has 1 heterocycles. The predicted octanol–water partition coefficient (Wildman–Crippen LogP) is 7.11. The van der Waals surface area contributed by atoms with Gasteiger partial charge in [-0.05, 0) is 59.7 Å². The third-order valence-electron chi connectivity index (χ3n) is 4.57. The normalized spacial score (nSPS) is 11.3. The van der Waals surface area contributed by atoms with Gasteiger partial charge in [-0.15, -0.1) is 0 Å². The molecule has 0 bridgehead atoms. The average molecular weight is 472 g/mol. The van der Waals surface area contributed by atoms with Crippen molar-refractivity contribution in [3.63, 3.8) is 0 Å². The highest BCUT2D eigenvalue weighted by molar-refractivity contribution is 9.10. The summed E-state index contributed by atoms with van der Waals surface area (Å²) in [4.78, 5) is 15.5. The van der Waals surface area contributed by atoms with Crippen LogP contribution in [0.4, 0.5) is 8.78 Å². The minimum absolute atomic E-state index is 0.0241. The molecular weight excluding hydrogens is 456 g/mol. The van der Waals surface area contributed by atoms with Crippen LogP contribution >= 0.6 is 15.9 Å². The number of nitrogens with zero attached hydrogens (tertiary/aromatic N) is 1. The van der Waals surface area contributed by atoms with Crippen molar-refractivity contribution >= 4 is 43.6 Å². The molecule has 152 valence electrons. The number of ether oxygens (including phenoxy) is 2. The summed E-state index contributed by atoms with van der Waals surface area (Å²) in [5.41, 5.74) is 0.566. The lowest BCUT2D eigenvalue weighted by atomic mass is 10.1. The molecule has 0 saturated carbocycles. The molecule has 0 aliphatic carbocycles. The minimum Gasteiger partial charge on any atom is -0.457 e. The standard InChI is InChI=1S/C23H16BrF2NO3/c1-12-7-19-18(22(29-13(2)28)11-20(27-19)23(25)26)10-21(12)30-17-6-4-14-8-16(24)5-3-15(14)9-17/h3-11,23H,1-2H3. The molecule has 7 heteroatoms. The largest absolute Gasteiger partial charge is 0.457 e. The van der Waals surface area contributed by atoms with Gasteiger partial charge in [0.15, 0.2) is 0 Å². The molecule has 0 spiro atoms. The van der Waals surface area contributed by atoms with E-state index in [2.05, 4.69) is 20.9 Å². The number of alkyl halides is 2. The van der Waals surface area contributed by atoms with Crippen molar-refractivity contribution in [2.45, 2.75) is 20.3 Å². The molecule has 0 radical (unpaired) electrons. The second-order valence-corrected chi connectivity index (χ2v) is 7.75. The average Bonchev–Trinajstić information content (AvgIpc) is 2.68. The third kappa shape index (κ3) is 4.11. The number of benzene rings is 3. The lowest BCUT2D eigenvalue weighted by Gasteiger charge is -2.14. The molecule has 0 fully saturated rings. The second-order valence-electron chi connectivity index (χ2n) is 6.83. The zero-order valence-corrected chi connectivity index (χ0v) is 17.7. The van der Waals surface area contributed by atoms with Crippen LogP contribution in [-0.4, -0.2) is 11.0 Å². The van der Waals surface area contributed by atoms with E-state index >= 15 is 0 Å². The molecule has 1 aromatic heterocycles. The van der Waals surface area contributed by atoms with Gasteiger partial charge in [-0.1, -0.05) is 28.1 Å². The first-order valence-corrected chi connectivity index (χ1v) is 9.88. The van der Waals surface area contributed by atoms with Crippen LogP contribution in [0.2, 0.25) is 0 Å². The Morgan fingerprint density at radius 2 is 1.73 bits per heavy atom. The van der Waals surface area contributed by atoms with Crippen molar-refractivity contribution in [3.8, 4) is 17.2 Å². The molecule has 0 aliphatic rings. The molecule has 0 atom stereocenters. The van der Waals surface area contributed by atoms with Crippen LogP contribution in [0.1, 0.15) is 24.6 Å². The van der Waals surface area contributed by atoms with Crippen LogP contribution in [0.5, 0.6) is 17.2 Å². The number of hydrogen-bond donors (Lipinski definition) is 0. The Morgan fingerprint density at radius 3 is 2.47 bits per heavy atom. The maximum Gasteiger partial charge on any atom is 0.308 e. The lowest BCUT2D eigenvalue weighted by Crippen LogP contribution is -2.04. The lowest BCUT2D eigenvalue weighted by molar-refractivity contribution is -0.131. The first-order chi connectivity index (χ1) is 14.3. The summed E-state index contributed by atoms with van der Waals surface area (Å²) in [5.74, 6) is 0.555. The van der Waals surface area contributed by atoms with Crippen LogP contribution in [0.25, 0.3) is 21.7 Å². The zero-order valence-electron chi connectivity index (χ0n) is 16.1. The van der Waals surface area contributed by atoms with Crippen molar-refractivity contribution in [2.24, 2.45) is 0 Å². The molecule has 4 nitrogen and oxygen atoms in total. The summed E-state index contributed by atoms with van der Waals surface area (Å²) >= 11 is 3.45. The van der Waals surface area contributed by atoms with Crippen LogP contribution in [-0.2, 0) is 4.79 Å². The second kappa shape index (κ2) is 7.99. The van der Waals surface area contributed by atoms with Gasteiger partial charge in [-0.3, -0.25) is 4.79 Å². The predicted molar refractivity (Wildman–Crippen MR) is 114 cm³/mol. The summed E-state index contributed by atoms with van der Waals surface area (Å²) in [6.07, 6.45) is -2.78. The monoisotopic (exact) mass is 471 g/mol. The van der Waals surface area contributed by atoms with E-state index in [1.54, 1.807) is 19.1 Å². The number of hydrogen-bond acceptors (Lipinski definition) is 4. The zero-order chi connectivity index (χ0) is 21.4. The molecule has 3 aromatic carbocycles. The number of aryl methyl sites for hydroxylation is 1. The SMILES string of the molecule is CC(=O)Oc1cc(C(F)F)nc2cc(C)c(Oc3ccc4cc(Br)ccc4c3)cc12. The van der Waals surface area contributed by atoms with Gasteiger partial charge in [0, 0.05) is 22.8 Å². The summed E-state index contributed by atoms with van der Waals surface area (Å²) in [6.45, 7) is 3.02. The van der Waals surface area contributed by atoms with E-state index in [-0.39, 0.29) is 5.75 Å². The number of rotatable bonds is 4. The highest BCUT2D eigenvalue weighted by Crippen LogP contribution is 2.36. The fraction of sp³-hybridized carbons (Fsp3) is 0.130. The van der Waals surface area contributed by atoms with E-state index < -0.39 is 18.1 Å². The van der Waals surface area contributed by atoms with E-state index in [1.165, 1.54) is 6.92 Å². The van der Waals surface area contributed by atoms with Gasteiger partial charge in [0.2, 0.25) is 0 Å². The van der Waals surface area contributed by atoms with Gasteiger partial charge in [0.25, 0.3) is 6.43 Å². The summed E-state index contributed by atoms with van der Waals surface area (Å²) < 4.78 is 38.6. The first-order valence-electron chi connectivity index (χ1n) is 9.09. The van der Waals surface area contributed by atoms with Gasteiger partial charge >= 0.3 is 5.97 Å². The van der Waals surface area contributed by atoms with Crippen LogP contribution in [0, 0.1) is 6.92 Å².